The van der Waals surface area contributed by atoms with Crippen molar-refractivity contribution >= 4 is 17.1 Å². The molecule has 1 aromatic carbocycles. The van der Waals surface area contributed by atoms with Gasteiger partial charge in [0, 0.05) is 48.4 Å². The molecule has 8 nitrogen and oxygen atoms in total. The summed E-state index contributed by atoms with van der Waals surface area (Å²) in [5, 5.41) is 8.12. The van der Waals surface area contributed by atoms with Crippen LogP contribution in [-0.2, 0) is 11.3 Å². The van der Waals surface area contributed by atoms with Crippen LogP contribution in [0, 0.1) is 5.41 Å². The third-order valence-electron chi connectivity index (χ3n) is 8.31. The van der Waals surface area contributed by atoms with E-state index < -0.39 is 5.91 Å². The molecule has 186 valence electrons. The van der Waals surface area contributed by atoms with E-state index in [0.717, 1.165) is 68.0 Å². The Hall–Kier alpha value is -2.94. The molecule has 3 aromatic rings. The van der Waals surface area contributed by atoms with E-state index >= 15 is 0 Å². The van der Waals surface area contributed by atoms with Crippen LogP contribution < -0.4 is 16.8 Å². The molecule has 1 saturated carbocycles. The molecule has 2 aliphatic rings. The first-order chi connectivity index (χ1) is 16.7. The summed E-state index contributed by atoms with van der Waals surface area (Å²) in [6.45, 7) is 10.9. The third kappa shape index (κ3) is 4.42. The Morgan fingerprint density at radius 3 is 2.51 bits per heavy atom. The SMILES string of the molecule is CC1(C)[C@H](Nc2c(C(N)=O)cnn3cc(-c4ccc(CN5CCOCC5)cc4)cc23)CC[C@]1(C)N. The molecule has 1 aliphatic heterocycles. The summed E-state index contributed by atoms with van der Waals surface area (Å²) >= 11 is 0. The molecule has 5 rings (SSSR count). The molecule has 0 spiro atoms. The number of nitrogens with zero attached hydrogens (tertiary/aromatic N) is 3. The van der Waals surface area contributed by atoms with Gasteiger partial charge in [0.15, 0.2) is 0 Å². The molecule has 3 heterocycles. The van der Waals surface area contributed by atoms with Crippen LogP contribution >= 0.6 is 0 Å². The number of anilines is 1. The summed E-state index contributed by atoms with van der Waals surface area (Å²) in [6.07, 6.45) is 5.38. The third-order valence-corrected chi connectivity index (χ3v) is 8.31. The summed E-state index contributed by atoms with van der Waals surface area (Å²) < 4.78 is 7.26. The number of morpholine rings is 1. The lowest BCUT2D eigenvalue weighted by atomic mass is 9.75. The summed E-state index contributed by atoms with van der Waals surface area (Å²) in [5.41, 5.74) is 17.3. The zero-order valence-electron chi connectivity index (χ0n) is 20.9. The van der Waals surface area contributed by atoms with Gasteiger partial charge in [0.05, 0.1) is 36.2 Å². The Morgan fingerprint density at radius 1 is 1.17 bits per heavy atom. The van der Waals surface area contributed by atoms with Gasteiger partial charge in [-0.1, -0.05) is 38.1 Å². The number of nitrogens with two attached hydrogens (primary N) is 2. The molecule has 35 heavy (non-hydrogen) atoms. The van der Waals surface area contributed by atoms with Crippen molar-refractivity contribution in [3.8, 4) is 11.1 Å². The molecular formula is C27H36N6O2. The van der Waals surface area contributed by atoms with Crippen LogP contribution in [0.3, 0.4) is 0 Å². The number of nitrogens with one attached hydrogen (secondary N) is 1. The van der Waals surface area contributed by atoms with Gasteiger partial charge in [0.2, 0.25) is 0 Å². The first-order valence-electron chi connectivity index (χ1n) is 12.4. The van der Waals surface area contributed by atoms with Crippen LogP contribution in [0.15, 0.2) is 42.7 Å². The molecule has 0 bridgehead atoms. The van der Waals surface area contributed by atoms with E-state index in [-0.39, 0.29) is 17.0 Å². The molecular weight excluding hydrogens is 440 g/mol. The normalized spacial score (nSPS) is 24.6. The maximum atomic E-state index is 12.3. The molecule has 1 saturated heterocycles. The Balaban J connectivity index is 1.45. The second kappa shape index (κ2) is 8.93. The lowest BCUT2D eigenvalue weighted by Gasteiger charge is -2.39. The highest BCUT2D eigenvalue weighted by Crippen LogP contribution is 2.46. The summed E-state index contributed by atoms with van der Waals surface area (Å²) in [5.74, 6) is -0.496. The molecule has 0 radical (unpaired) electrons. The number of aromatic nitrogens is 2. The summed E-state index contributed by atoms with van der Waals surface area (Å²) in [7, 11) is 0. The fourth-order valence-electron chi connectivity index (χ4n) is 5.33. The van der Waals surface area contributed by atoms with Gasteiger partial charge in [-0.2, -0.15) is 5.10 Å². The number of primary amides is 1. The van der Waals surface area contributed by atoms with Crippen molar-refractivity contribution in [2.24, 2.45) is 16.9 Å². The van der Waals surface area contributed by atoms with Crippen molar-refractivity contribution in [1.29, 1.82) is 0 Å². The van der Waals surface area contributed by atoms with Crippen LogP contribution in [-0.4, -0.2) is 58.3 Å². The molecule has 5 N–H and O–H groups in total. The van der Waals surface area contributed by atoms with Gasteiger partial charge in [-0.25, -0.2) is 4.52 Å². The number of carbonyl (C=O) groups is 1. The predicted molar refractivity (Wildman–Crippen MR) is 138 cm³/mol. The van der Waals surface area contributed by atoms with E-state index in [0.29, 0.717) is 5.56 Å². The topological polar surface area (TPSA) is 111 Å². The maximum absolute atomic E-state index is 12.3. The second-order valence-electron chi connectivity index (χ2n) is 10.8. The monoisotopic (exact) mass is 476 g/mol. The first kappa shape index (κ1) is 23.8. The fourth-order valence-corrected chi connectivity index (χ4v) is 5.33. The van der Waals surface area contributed by atoms with Crippen molar-refractivity contribution in [2.45, 2.75) is 51.7 Å². The van der Waals surface area contributed by atoms with Gasteiger partial charge in [-0.05, 0) is 37.0 Å². The van der Waals surface area contributed by atoms with E-state index in [9.17, 15) is 4.79 Å². The van der Waals surface area contributed by atoms with Crippen LogP contribution in [0.1, 0.15) is 49.5 Å². The average molecular weight is 477 g/mol. The number of rotatable bonds is 6. The number of benzene rings is 1. The average Bonchev–Trinajstić information content (AvgIpc) is 3.34. The standard InChI is InChI=1S/C27H36N6O2/c1-26(2)23(8-9-27(26,3)29)31-24-21(25(28)34)15-30-33-17-20(14-22(24)33)19-6-4-18(5-7-19)16-32-10-12-35-13-11-32/h4-7,14-15,17,23,31H,8-13,16,29H2,1-3H3,(H2,28,34)/t23-,27+/m1/s1. The zero-order chi connectivity index (χ0) is 24.8. The van der Waals surface area contributed by atoms with Crippen LogP contribution in [0.2, 0.25) is 0 Å². The summed E-state index contributed by atoms with van der Waals surface area (Å²) in [4.78, 5) is 14.7. The predicted octanol–water partition coefficient (Wildman–Crippen LogP) is 3.25. The minimum absolute atomic E-state index is 0.111. The zero-order valence-corrected chi connectivity index (χ0v) is 20.9. The van der Waals surface area contributed by atoms with E-state index in [2.05, 4.69) is 66.4 Å². The number of fused-ring (bicyclic) bond motifs is 1. The number of hydrogen-bond acceptors (Lipinski definition) is 6. The highest BCUT2D eigenvalue weighted by atomic mass is 16.5. The Labute approximate surface area is 206 Å². The van der Waals surface area contributed by atoms with Gasteiger partial charge < -0.3 is 21.5 Å². The highest BCUT2D eigenvalue weighted by Gasteiger charge is 2.49. The van der Waals surface area contributed by atoms with Gasteiger partial charge in [0.1, 0.15) is 0 Å². The van der Waals surface area contributed by atoms with Gasteiger partial charge in [0.25, 0.3) is 5.91 Å². The molecule has 0 unspecified atom stereocenters. The smallest absolute Gasteiger partial charge is 0.252 e. The molecule has 2 aromatic heterocycles. The number of hydrogen-bond donors (Lipinski definition) is 3. The lowest BCUT2D eigenvalue weighted by molar-refractivity contribution is 0.0342. The van der Waals surface area contributed by atoms with Crippen LogP contribution in [0.5, 0.6) is 0 Å². The lowest BCUT2D eigenvalue weighted by Crippen LogP contribution is -2.51. The van der Waals surface area contributed by atoms with Crippen molar-refractivity contribution in [3.05, 3.63) is 53.9 Å². The maximum Gasteiger partial charge on any atom is 0.252 e. The second-order valence-corrected chi connectivity index (χ2v) is 10.8. The van der Waals surface area contributed by atoms with Crippen molar-refractivity contribution < 1.29 is 9.53 Å². The number of ether oxygens (including phenoxy) is 1. The Kier molecular flexibility index (Phi) is 6.07. The van der Waals surface area contributed by atoms with Crippen molar-refractivity contribution in [1.82, 2.24) is 14.5 Å². The fraction of sp³-hybridized carbons (Fsp3) is 0.481. The van der Waals surface area contributed by atoms with Crippen LogP contribution in [0.25, 0.3) is 16.6 Å². The van der Waals surface area contributed by atoms with Gasteiger partial charge in [-0.15, -0.1) is 0 Å². The minimum Gasteiger partial charge on any atom is -0.379 e. The number of amides is 1. The largest absolute Gasteiger partial charge is 0.379 e. The van der Waals surface area contributed by atoms with Gasteiger partial charge in [-0.3, -0.25) is 9.69 Å². The number of carbonyl (C=O) groups excluding carboxylic acids is 1. The molecule has 2 fully saturated rings. The molecule has 1 amide bonds. The van der Waals surface area contributed by atoms with E-state index in [1.807, 2.05) is 10.7 Å². The van der Waals surface area contributed by atoms with E-state index in [4.69, 9.17) is 16.2 Å². The molecule has 8 heteroatoms. The van der Waals surface area contributed by atoms with Crippen LogP contribution in [0.4, 0.5) is 5.69 Å². The highest BCUT2D eigenvalue weighted by molar-refractivity contribution is 6.02. The Morgan fingerprint density at radius 2 is 1.89 bits per heavy atom. The summed E-state index contributed by atoms with van der Waals surface area (Å²) in [6, 6.07) is 10.8. The van der Waals surface area contributed by atoms with E-state index in [1.165, 1.54) is 5.56 Å². The van der Waals surface area contributed by atoms with Gasteiger partial charge >= 0.3 is 0 Å². The first-order valence-corrected chi connectivity index (χ1v) is 12.4. The minimum atomic E-state index is -0.496. The molecule has 1 aliphatic carbocycles. The molecule has 2 atom stereocenters. The van der Waals surface area contributed by atoms with E-state index in [1.54, 1.807) is 6.20 Å². The van der Waals surface area contributed by atoms with Crippen molar-refractivity contribution in [3.63, 3.8) is 0 Å². The van der Waals surface area contributed by atoms with Crippen molar-refractivity contribution in [2.75, 3.05) is 31.6 Å². The Bertz CT molecular complexity index is 1220. The quantitative estimate of drug-likeness (QED) is 0.504.